The van der Waals surface area contributed by atoms with Gasteiger partial charge in [-0.15, -0.1) is 13.2 Å². The van der Waals surface area contributed by atoms with Crippen molar-refractivity contribution in [2.24, 2.45) is 7.05 Å². The molecule has 3 unspecified atom stereocenters. The van der Waals surface area contributed by atoms with Crippen molar-refractivity contribution in [2.75, 3.05) is 44.0 Å². The van der Waals surface area contributed by atoms with E-state index in [9.17, 15) is 46.7 Å². The molecule has 400 valence electrons. The van der Waals surface area contributed by atoms with Gasteiger partial charge in [-0.2, -0.15) is 0 Å². The standard InChI is InChI=1S/C53H49F4N9O11/c1-27-47(48(70)36-19-33(77-53(55,56)57)10-12-39(36)63(27)2)50(72)61-30-7-14-41(37(54)18-30)76-51-35-20-42(74-3)43(21-38(35)58-26-59-51)75-16-4-5-46(69)64-23-31-8-9-32(24-64)65(31)25-45(68)60-29-6-11-34-28(17-29)22-66(52(34)73)40-13-15-44(67)62-49(40)71/h6-7,10-12,14,17-21,26,31-32,40H,4-5,8-9,13,15-16,22-25H2,1-3H3,(H,60,68)(H,61,72)(H,62,67,71). The number of aromatic nitrogens is 3. The lowest BCUT2D eigenvalue weighted by Gasteiger charge is -2.40. The highest BCUT2D eigenvalue weighted by Crippen LogP contribution is 2.38. The van der Waals surface area contributed by atoms with Gasteiger partial charge in [0.25, 0.3) is 11.8 Å². The number of nitrogens with one attached hydrogen (secondary N) is 3. The second-order valence-corrected chi connectivity index (χ2v) is 19.1. The maximum Gasteiger partial charge on any atom is 0.573 e. The van der Waals surface area contributed by atoms with Gasteiger partial charge < -0.3 is 43.9 Å². The number of amides is 6. The molecule has 0 aliphatic carbocycles. The highest BCUT2D eigenvalue weighted by molar-refractivity contribution is 6.07. The van der Waals surface area contributed by atoms with Crippen molar-refractivity contribution in [1.82, 2.24) is 34.6 Å². The number of carbonyl (C=O) groups excluding carboxylic acids is 6. The summed E-state index contributed by atoms with van der Waals surface area (Å²) in [6, 6.07) is 14.2. The summed E-state index contributed by atoms with van der Waals surface area (Å²) in [7, 11) is 2.96. The van der Waals surface area contributed by atoms with Crippen LogP contribution in [0.2, 0.25) is 0 Å². The summed E-state index contributed by atoms with van der Waals surface area (Å²) in [6.45, 7) is 2.91. The fourth-order valence-corrected chi connectivity index (χ4v) is 10.5. The quantitative estimate of drug-likeness (QED) is 0.0598. The minimum Gasteiger partial charge on any atom is -0.493 e. The Labute approximate surface area is 435 Å². The van der Waals surface area contributed by atoms with E-state index in [0.717, 1.165) is 31.0 Å². The lowest BCUT2D eigenvalue weighted by atomic mass is 10.0. The predicted octanol–water partition coefficient (Wildman–Crippen LogP) is 6.11. The first-order valence-electron chi connectivity index (χ1n) is 24.6. The van der Waals surface area contributed by atoms with Crippen LogP contribution in [0.1, 0.15) is 70.5 Å². The second-order valence-electron chi connectivity index (χ2n) is 19.1. The zero-order valence-corrected chi connectivity index (χ0v) is 41.6. The summed E-state index contributed by atoms with van der Waals surface area (Å²) in [5.74, 6) is -3.63. The van der Waals surface area contributed by atoms with E-state index in [1.54, 1.807) is 30.3 Å². The van der Waals surface area contributed by atoms with E-state index in [2.05, 4.69) is 35.6 Å². The number of alkyl halides is 3. The highest BCUT2D eigenvalue weighted by atomic mass is 19.4. The van der Waals surface area contributed by atoms with Crippen LogP contribution in [-0.2, 0) is 32.8 Å². The molecule has 20 nitrogen and oxygen atoms in total. The number of aryl methyl sites for hydroxylation is 1. The van der Waals surface area contributed by atoms with Crippen molar-refractivity contribution < 1.29 is 65.3 Å². The molecule has 0 radical (unpaired) electrons. The van der Waals surface area contributed by atoms with Gasteiger partial charge in [-0.25, -0.2) is 14.4 Å². The van der Waals surface area contributed by atoms with Crippen LogP contribution in [0.15, 0.2) is 77.9 Å². The van der Waals surface area contributed by atoms with Gasteiger partial charge in [0, 0.05) is 86.4 Å². The van der Waals surface area contributed by atoms with Gasteiger partial charge in [0.1, 0.15) is 23.7 Å². The maximum absolute atomic E-state index is 15.6. The fraction of sp³-hybridized carbons (Fsp3) is 0.340. The van der Waals surface area contributed by atoms with Crippen LogP contribution in [0.25, 0.3) is 21.8 Å². The first kappa shape index (κ1) is 51.8. The van der Waals surface area contributed by atoms with E-state index in [1.165, 1.54) is 55.1 Å². The summed E-state index contributed by atoms with van der Waals surface area (Å²) in [5, 5.41) is 7.85. The van der Waals surface area contributed by atoms with Gasteiger partial charge >= 0.3 is 6.36 Å². The Hall–Kier alpha value is -8.67. The van der Waals surface area contributed by atoms with Crippen LogP contribution < -0.4 is 40.3 Å². The molecule has 77 heavy (non-hydrogen) atoms. The molecule has 0 saturated carbocycles. The van der Waals surface area contributed by atoms with Crippen LogP contribution in [0.3, 0.4) is 0 Å². The van der Waals surface area contributed by atoms with Crippen molar-refractivity contribution >= 4 is 68.6 Å². The third-order valence-corrected chi connectivity index (χ3v) is 14.3. The van der Waals surface area contributed by atoms with Crippen LogP contribution in [0.5, 0.6) is 28.9 Å². The number of piperazine rings is 1. The van der Waals surface area contributed by atoms with E-state index < -0.39 is 41.2 Å². The molecule has 2 aromatic heterocycles. The Bertz CT molecular complexity index is 3490. The van der Waals surface area contributed by atoms with E-state index in [0.29, 0.717) is 53.0 Å². The number of benzene rings is 4. The summed E-state index contributed by atoms with van der Waals surface area (Å²) >= 11 is 0. The Morgan fingerprint density at radius 2 is 1.61 bits per heavy atom. The molecule has 3 fully saturated rings. The second kappa shape index (κ2) is 20.8. The molecule has 10 rings (SSSR count). The van der Waals surface area contributed by atoms with E-state index in [-0.39, 0.29) is 120 Å². The smallest absolute Gasteiger partial charge is 0.493 e. The molecule has 0 spiro atoms. The Kier molecular flexibility index (Phi) is 14.0. The van der Waals surface area contributed by atoms with E-state index in [1.807, 2.05) is 4.90 Å². The number of pyridine rings is 1. The van der Waals surface area contributed by atoms with Gasteiger partial charge in [0.05, 0.1) is 42.1 Å². The fourth-order valence-electron chi connectivity index (χ4n) is 10.5. The lowest BCUT2D eigenvalue weighted by Crippen LogP contribution is -2.56. The number of hydrogen-bond donors (Lipinski definition) is 3. The number of halogens is 4. The van der Waals surface area contributed by atoms with Crippen molar-refractivity contribution in [1.29, 1.82) is 0 Å². The normalized spacial score (nSPS) is 18.3. The highest BCUT2D eigenvalue weighted by Gasteiger charge is 2.43. The SMILES string of the molecule is COc1cc2c(Oc3ccc(NC(=O)c4c(C)n(C)c5ccc(OC(F)(F)F)cc5c4=O)cc3F)ncnc2cc1OCCCC(=O)N1CC2CCC(C1)N2CC(=O)Nc1ccc2c(c1)CN(C1CCC(=O)NC1=O)C2=O. The first-order valence-corrected chi connectivity index (χ1v) is 24.6. The Morgan fingerprint density at radius 3 is 2.34 bits per heavy atom. The average Bonchev–Trinajstić information content (AvgIpc) is 3.83. The Morgan fingerprint density at radius 1 is 0.857 bits per heavy atom. The molecule has 6 heterocycles. The first-order chi connectivity index (χ1) is 36.8. The average molecular weight is 1060 g/mol. The van der Waals surface area contributed by atoms with Gasteiger partial charge in [0.15, 0.2) is 23.1 Å². The number of nitrogens with zero attached hydrogens (tertiary/aromatic N) is 6. The van der Waals surface area contributed by atoms with Crippen LogP contribution in [-0.4, -0.2) is 123 Å². The topological polar surface area (TPSA) is 233 Å². The number of ether oxygens (including phenoxy) is 4. The summed E-state index contributed by atoms with van der Waals surface area (Å²) in [4.78, 5) is 105. The predicted molar refractivity (Wildman–Crippen MR) is 267 cm³/mol. The molecule has 24 heteroatoms. The molecule has 3 N–H and O–H groups in total. The monoisotopic (exact) mass is 1060 g/mol. The molecule has 3 atom stereocenters. The van der Waals surface area contributed by atoms with Crippen LogP contribution >= 0.6 is 0 Å². The van der Waals surface area contributed by atoms with Crippen molar-refractivity contribution in [3.8, 4) is 28.9 Å². The van der Waals surface area contributed by atoms with Crippen molar-refractivity contribution in [3.63, 3.8) is 0 Å². The van der Waals surface area contributed by atoms with Gasteiger partial charge in [0.2, 0.25) is 34.9 Å². The number of likely N-dealkylation sites (tertiary alicyclic amines) is 1. The van der Waals surface area contributed by atoms with Gasteiger partial charge in [-0.3, -0.25) is 43.8 Å². The minimum absolute atomic E-state index is 0.000660. The summed E-state index contributed by atoms with van der Waals surface area (Å²) < 4.78 is 77.4. The molecule has 3 saturated heterocycles. The number of hydrogen-bond acceptors (Lipinski definition) is 14. The molecular weight excluding hydrogens is 1010 g/mol. The van der Waals surface area contributed by atoms with Gasteiger partial charge in [-0.05, 0) is 92.8 Å². The number of fused-ring (bicyclic) bond motifs is 5. The number of piperidine rings is 1. The molecule has 4 aliphatic rings. The molecule has 2 bridgehead atoms. The third kappa shape index (κ3) is 10.6. The number of rotatable bonds is 15. The number of anilines is 2. The summed E-state index contributed by atoms with van der Waals surface area (Å²) in [5.41, 5.74) is 1.19. The molecule has 6 amide bonds. The number of methoxy groups -OCH3 is 1. The largest absolute Gasteiger partial charge is 0.573 e. The van der Waals surface area contributed by atoms with Gasteiger partial charge in [-0.1, -0.05) is 0 Å². The molecule has 6 aromatic rings. The minimum atomic E-state index is -5.01. The van der Waals surface area contributed by atoms with Crippen molar-refractivity contribution in [2.45, 2.75) is 76.5 Å². The van der Waals surface area contributed by atoms with Crippen LogP contribution in [0.4, 0.5) is 28.9 Å². The number of carbonyl (C=O) groups is 6. The lowest BCUT2D eigenvalue weighted by molar-refractivity contribution is -0.274. The molecular formula is C53H49F4N9O11. The molecule has 4 aliphatic heterocycles. The van der Waals surface area contributed by atoms with Crippen LogP contribution in [0, 0.1) is 12.7 Å². The third-order valence-electron chi connectivity index (χ3n) is 14.3. The Balaban J connectivity index is 0.711. The zero-order valence-electron chi connectivity index (χ0n) is 41.6. The summed E-state index contributed by atoms with van der Waals surface area (Å²) in [6.07, 6.45) is -1.14. The van der Waals surface area contributed by atoms with E-state index in [4.69, 9.17) is 14.2 Å². The van der Waals surface area contributed by atoms with Crippen molar-refractivity contribution in [3.05, 3.63) is 111 Å². The van der Waals surface area contributed by atoms with E-state index >= 15 is 4.39 Å². The number of imide groups is 1. The maximum atomic E-state index is 15.6. The zero-order chi connectivity index (χ0) is 54.4. The molecule has 4 aromatic carbocycles.